The molecule has 2 fully saturated rings. The molecule has 11 heteroatoms. The van der Waals surface area contributed by atoms with Gasteiger partial charge < -0.3 is 5.32 Å². The minimum Gasteiger partial charge on any atom is -0.351 e. The minimum absolute atomic E-state index is 0.0192. The first-order valence-electron chi connectivity index (χ1n) is 13.7. The molecule has 2 aromatic heterocycles. The van der Waals surface area contributed by atoms with E-state index >= 15 is 0 Å². The summed E-state index contributed by atoms with van der Waals surface area (Å²) in [7, 11) is -5.03. The Balaban J connectivity index is 1.78. The molecule has 2 atom stereocenters. The Labute approximate surface area is 191 Å². The lowest BCUT2D eigenvalue weighted by Crippen LogP contribution is -2.42. The first kappa shape index (κ1) is 14.1. The molecule has 8 nitrogen and oxygen atoms in total. The summed E-state index contributed by atoms with van der Waals surface area (Å²) in [5, 5.41) is 2.54. The van der Waals surface area contributed by atoms with E-state index in [4.69, 9.17) is 11.0 Å². The molecule has 1 aliphatic carbocycles. The number of piperidine rings is 1. The smallest absolute Gasteiger partial charge is 0.269 e. The molecule has 0 bridgehead atoms. The van der Waals surface area contributed by atoms with Crippen molar-refractivity contribution < 1.29 is 28.2 Å². The van der Waals surface area contributed by atoms with Crippen molar-refractivity contribution in [2.75, 3.05) is 24.6 Å². The van der Waals surface area contributed by atoms with Crippen molar-refractivity contribution in [2.45, 2.75) is 57.4 Å². The molecule has 170 valence electrons. The lowest BCUT2D eigenvalue weighted by molar-refractivity contribution is 0.148. The van der Waals surface area contributed by atoms with Crippen LogP contribution in [-0.4, -0.2) is 52.6 Å². The van der Waals surface area contributed by atoms with Crippen LogP contribution in [0.1, 0.15) is 67.9 Å². The number of halogens is 2. The third-order valence-corrected chi connectivity index (χ3v) is 6.62. The maximum atomic E-state index is 14.0. The molecule has 1 saturated carbocycles. The predicted molar refractivity (Wildman–Crippen MR) is 114 cm³/mol. The first-order chi connectivity index (χ1) is 17.7. The third kappa shape index (κ3) is 4.43. The topological polar surface area (TPSA) is 97.2 Å². The zero-order valence-corrected chi connectivity index (χ0v) is 17.4. The van der Waals surface area contributed by atoms with Crippen LogP contribution in [0.3, 0.4) is 0 Å². The van der Waals surface area contributed by atoms with Gasteiger partial charge in [0.05, 0.1) is 11.7 Å². The summed E-state index contributed by atoms with van der Waals surface area (Å²) in [6, 6.07) is -1.44. The van der Waals surface area contributed by atoms with Crippen LogP contribution in [0.4, 0.5) is 14.7 Å². The highest BCUT2D eigenvalue weighted by molar-refractivity contribution is 7.88. The molecule has 31 heavy (non-hydrogen) atoms. The van der Waals surface area contributed by atoms with Gasteiger partial charge in [0.15, 0.2) is 0 Å². The number of hydrogen-bond acceptors (Lipinski definition) is 6. The number of nitrogens with zero attached hydrogens (tertiary/aromatic N) is 4. The fourth-order valence-corrected chi connectivity index (χ4v) is 4.55. The van der Waals surface area contributed by atoms with Crippen molar-refractivity contribution in [1.29, 1.82) is 0 Å². The van der Waals surface area contributed by atoms with Gasteiger partial charge in [-0.05, 0) is 37.6 Å². The van der Waals surface area contributed by atoms with Crippen LogP contribution >= 0.6 is 0 Å². The molecule has 1 aliphatic heterocycles. The summed E-state index contributed by atoms with van der Waals surface area (Å²) in [6.45, 7) is -0.0819. The molecule has 3 heterocycles. The normalized spacial score (nSPS) is 31.5. The van der Waals surface area contributed by atoms with Crippen LogP contribution < -0.4 is 10.9 Å². The molecular weight excluding hydrogens is 428 g/mol. The van der Waals surface area contributed by atoms with Gasteiger partial charge in [-0.1, -0.05) is 13.3 Å². The van der Waals surface area contributed by atoms with Crippen molar-refractivity contribution >= 4 is 27.0 Å². The number of nitrogens with one attached hydrogen (secondary N) is 1. The number of anilines is 1. The Morgan fingerprint density at radius 3 is 2.71 bits per heavy atom. The predicted octanol–water partition coefficient (Wildman–Crippen LogP) is 2.93. The average molecular weight is 464 g/mol. The van der Waals surface area contributed by atoms with E-state index in [-0.39, 0.29) is 27.2 Å². The van der Waals surface area contributed by atoms with E-state index in [1.807, 2.05) is 6.92 Å². The highest BCUT2D eigenvalue weighted by Crippen LogP contribution is 2.36. The number of aromatic nitrogens is 3. The molecule has 2 aliphatic rings. The van der Waals surface area contributed by atoms with E-state index in [1.165, 1.54) is 0 Å². The van der Waals surface area contributed by atoms with Crippen molar-refractivity contribution in [1.82, 2.24) is 18.8 Å². The van der Waals surface area contributed by atoms with E-state index in [1.54, 1.807) is 0 Å². The highest BCUT2D eigenvalue weighted by Gasteiger charge is 2.30. The molecule has 0 aromatic carbocycles. The van der Waals surface area contributed by atoms with Gasteiger partial charge in [-0.25, -0.2) is 26.5 Å². The number of rotatable bonds is 5. The quantitative estimate of drug-likeness (QED) is 0.732. The Hall–Kier alpha value is -2.14. The Kier molecular flexibility index (Phi) is 3.83. The van der Waals surface area contributed by atoms with E-state index in [2.05, 4.69) is 15.3 Å². The van der Waals surface area contributed by atoms with Crippen molar-refractivity contribution in [3.8, 4) is 0 Å². The molecule has 0 unspecified atom stereocenters. The van der Waals surface area contributed by atoms with Gasteiger partial charge >= 0.3 is 0 Å². The number of alkyl halides is 2. The molecule has 0 radical (unpaired) electrons. The van der Waals surface area contributed by atoms with Gasteiger partial charge in [-0.2, -0.15) is 4.98 Å². The van der Waals surface area contributed by atoms with Crippen LogP contribution in [0.5, 0.6) is 0 Å². The van der Waals surface area contributed by atoms with Gasteiger partial charge in [0.2, 0.25) is 16.0 Å². The number of hydrogen-bond donors (Lipinski definition) is 1. The second-order valence-corrected chi connectivity index (χ2v) is 9.17. The maximum Gasteiger partial charge on any atom is 0.269 e. The summed E-state index contributed by atoms with van der Waals surface area (Å²) in [6.07, 6.45) is -9.93. The lowest BCUT2D eigenvalue weighted by Gasteiger charge is -2.30. The van der Waals surface area contributed by atoms with E-state index in [0.717, 1.165) is 29.7 Å². The largest absolute Gasteiger partial charge is 0.351 e. The Morgan fingerprint density at radius 2 is 2.10 bits per heavy atom. The Morgan fingerprint density at radius 1 is 1.35 bits per heavy atom. The van der Waals surface area contributed by atoms with Crippen LogP contribution in [0, 0.1) is 5.92 Å². The van der Waals surface area contributed by atoms with E-state index in [0.29, 0.717) is 6.42 Å². The maximum absolute atomic E-state index is 14.0. The zero-order chi connectivity index (χ0) is 29.3. The SMILES string of the molecule is [2H]C(F)(F)c1cc2cnc(NC3C([2H])([2H])CN(S(=O)(=O)C([2H])([2H])[2H])CC3([2H])[2H])nc2n([C@@H]2CCC[C@@H]2C)c1=O. The molecule has 0 amide bonds. The van der Waals surface area contributed by atoms with Gasteiger partial charge in [-0.3, -0.25) is 9.36 Å². The van der Waals surface area contributed by atoms with Crippen molar-refractivity contribution in [2.24, 2.45) is 5.92 Å². The van der Waals surface area contributed by atoms with E-state index in [9.17, 15) is 22.0 Å². The van der Waals surface area contributed by atoms with Crippen LogP contribution in [-0.2, 0) is 10.0 Å². The molecular formula is C20H27F2N5O3S. The third-order valence-electron chi connectivity index (χ3n) is 5.68. The van der Waals surface area contributed by atoms with Gasteiger partial charge in [-0.15, -0.1) is 0 Å². The molecule has 1 N–H and O–H groups in total. The molecule has 4 rings (SSSR count). The van der Waals surface area contributed by atoms with Gasteiger partial charge in [0.25, 0.3) is 12.0 Å². The highest BCUT2D eigenvalue weighted by atomic mass is 32.2. The van der Waals surface area contributed by atoms with Gasteiger partial charge in [0.1, 0.15) is 7.02 Å². The lowest BCUT2D eigenvalue weighted by atomic mass is 10.1. The average Bonchev–Trinajstić information content (AvgIpc) is 3.19. The summed E-state index contributed by atoms with van der Waals surface area (Å²) < 4.78 is 116. The second kappa shape index (κ2) is 8.42. The number of pyridine rings is 1. The summed E-state index contributed by atoms with van der Waals surface area (Å²) in [5.41, 5.74) is -2.21. The summed E-state index contributed by atoms with van der Waals surface area (Å²) in [4.78, 5) is 21.4. The van der Waals surface area contributed by atoms with E-state index < -0.39 is 71.7 Å². The fraction of sp³-hybridized carbons (Fsp3) is 0.650. The minimum atomic E-state index is -5.03. The molecule has 2 aromatic rings. The standard InChI is InChI=1S/C20H27F2N5O3S/c1-12-4-3-5-16(12)27-18-13(10-15(17(21)22)19(27)28)11-23-20(25-18)24-14-6-8-26(9-7-14)31(2,29)30/h10-12,14,16-17H,3-9H2,1-2H3,(H,23,24,25)/t12-,16+/m0/s1/i2D3,6D2,7D2,17D. The van der Waals surface area contributed by atoms with Gasteiger partial charge in [0, 0.05) is 46.4 Å². The first-order valence-corrected chi connectivity index (χ1v) is 11.2. The van der Waals surface area contributed by atoms with Crippen molar-refractivity contribution in [3.63, 3.8) is 0 Å². The summed E-state index contributed by atoms with van der Waals surface area (Å²) >= 11 is 0. The second-order valence-electron chi connectivity index (χ2n) is 7.70. The monoisotopic (exact) mass is 463 g/mol. The van der Waals surface area contributed by atoms with Crippen LogP contribution in [0.15, 0.2) is 17.1 Å². The number of fused-ring (bicyclic) bond motifs is 1. The zero-order valence-electron chi connectivity index (χ0n) is 24.6. The van der Waals surface area contributed by atoms with Crippen LogP contribution in [0.2, 0.25) is 0 Å². The summed E-state index contributed by atoms with van der Waals surface area (Å²) in [5.74, 6) is -0.420. The number of sulfonamides is 1. The van der Waals surface area contributed by atoms with Crippen LogP contribution in [0.25, 0.3) is 11.0 Å². The molecule has 0 spiro atoms. The Bertz CT molecular complexity index is 1430. The molecule has 1 saturated heterocycles. The van der Waals surface area contributed by atoms with Crippen molar-refractivity contribution in [3.05, 3.63) is 28.2 Å². The fourth-order valence-electron chi connectivity index (χ4n) is 4.06.